The van der Waals surface area contributed by atoms with Gasteiger partial charge in [0.25, 0.3) is 0 Å². The Hall–Kier alpha value is 1.06. The smallest absolute Gasteiger partial charge is 0 e. The summed E-state index contributed by atoms with van der Waals surface area (Å²) in [6, 6.07) is 0. The van der Waals surface area contributed by atoms with Crippen LogP contribution in [0.4, 0.5) is 0 Å². The van der Waals surface area contributed by atoms with Gasteiger partial charge in [-0.25, -0.2) is 0 Å². The maximum Gasteiger partial charge on any atom is 0 e. The zero-order valence-electron chi connectivity index (χ0n) is 4.28. The van der Waals surface area contributed by atoms with E-state index in [9.17, 15) is 0 Å². The van der Waals surface area contributed by atoms with Crippen molar-refractivity contribution in [3.63, 3.8) is 0 Å². The molecule has 0 aromatic carbocycles. The molecule has 0 aliphatic rings. The minimum atomic E-state index is 0. The average Bonchev–Trinajstić information content (AvgIpc) is 1.46. The van der Waals surface area contributed by atoms with Gasteiger partial charge in [0, 0.05) is 32.7 Å². The summed E-state index contributed by atoms with van der Waals surface area (Å²) in [4.78, 5) is 0. The Morgan fingerprint density at radius 3 is 1.50 bits per heavy atom. The van der Waals surface area contributed by atoms with Crippen molar-refractivity contribution in [3.05, 3.63) is 14.0 Å². The topological polar surface area (TPSA) is 26.0 Å². The predicted molar refractivity (Wildman–Crippen MR) is 25.2 cm³/mol. The Kier molecular flexibility index (Phi) is 95.7. The Bertz CT molecular complexity index is 7.51. The molecular formula is C4H11NY-2. The van der Waals surface area contributed by atoms with Gasteiger partial charge in [0.15, 0.2) is 0 Å². The van der Waals surface area contributed by atoms with Gasteiger partial charge in [0.1, 0.15) is 0 Å². The van der Waals surface area contributed by atoms with E-state index in [4.69, 9.17) is 0 Å². The van der Waals surface area contributed by atoms with E-state index in [0.29, 0.717) is 0 Å². The molecule has 1 nitrogen and oxygen atoms in total. The van der Waals surface area contributed by atoms with E-state index in [-0.39, 0.29) is 32.7 Å². The van der Waals surface area contributed by atoms with Crippen LogP contribution < -0.4 is 5.73 Å². The molecule has 0 bridgehead atoms. The van der Waals surface area contributed by atoms with Crippen molar-refractivity contribution in [3.8, 4) is 0 Å². The van der Waals surface area contributed by atoms with Gasteiger partial charge in [0.05, 0.1) is 0 Å². The molecule has 0 saturated carbocycles. The quantitative estimate of drug-likeness (QED) is 0.527. The van der Waals surface area contributed by atoms with Gasteiger partial charge in [-0.2, -0.15) is 6.42 Å². The van der Waals surface area contributed by atoms with Crippen molar-refractivity contribution in [1.82, 2.24) is 0 Å². The van der Waals surface area contributed by atoms with Crippen LogP contribution in [-0.2, 0) is 32.7 Å². The van der Waals surface area contributed by atoms with E-state index in [1.165, 1.54) is 0 Å². The first-order chi connectivity index (χ1) is 2.41. The first-order valence-corrected chi connectivity index (χ1v) is 1.62. The van der Waals surface area contributed by atoms with E-state index in [1.807, 2.05) is 6.92 Å². The maximum absolute atomic E-state index is 4.25. The summed E-state index contributed by atoms with van der Waals surface area (Å²) in [6.07, 6.45) is 1.00. The molecule has 1 radical (unpaired) electrons. The molecule has 0 saturated heterocycles. The van der Waals surface area contributed by atoms with Crippen molar-refractivity contribution in [2.45, 2.75) is 13.3 Å². The second-order valence-corrected chi connectivity index (χ2v) is 0.500. The molecule has 2 N–H and O–H groups in total. The Labute approximate surface area is 65.6 Å². The molecule has 2 heteroatoms. The molecule has 0 aliphatic heterocycles. The molecule has 37 valence electrons. The number of hydrogen-bond acceptors (Lipinski definition) is 1. The third-order valence-electron chi connectivity index (χ3n) is 0. The summed E-state index contributed by atoms with van der Waals surface area (Å²) in [5.74, 6) is 0. The van der Waals surface area contributed by atoms with Crippen LogP contribution in [-0.4, -0.2) is 0 Å². The van der Waals surface area contributed by atoms with E-state index in [0.717, 1.165) is 6.42 Å². The minimum Gasteiger partial charge on any atom is -0.486 e. The molecule has 0 spiro atoms. The van der Waals surface area contributed by atoms with Crippen molar-refractivity contribution >= 4 is 0 Å². The van der Waals surface area contributed by atoms with E-state index >= 15 is 0 Å². The monoisotopic (exact) mass is 162 g/mol. The van der Waals surface area contributed by atoms with Crippen molar-refractivity contribution < 1.29 is 32.7 Å². The summed E-state index contributed by atoms with van der Waals surface area (Å²) in [5, 5.41) is 0. The molecule has 6 heavy (non-hydrogen) atoms. The van der Waals surface area contributed by atoms with Crippen LogP contribution in [0.1, 0.15) is 13.3 Å². The van der Waals surface area contributed by atoms with Gasteiger partial charge >= 0.3 is 0 Å². The average molecular weight is 162 g/mol. The fraction of sp³-hybridized carbons (Fsp3) is 0.500. The fourth-order valence-electron chi connectivity index (χ4n) is 0. The van der Waals surface area contributed by atoms with Gasteiger partial charge in [-0.3, -0.25) is 7.05 Å². The largest absolute Gasteiger partial charge is 0.486 e. The standard InChI is InChI=1S/C3H7.CH4N.Y/c1-3-2;1-2;/h1,3H2,2H3;1-2H2;/q2*-1;. The van der Waals surface area contributed by atoms with Crippen LogP contribution in [0.15, 0.2) is 0 Å². The molecule has 0 aliphatic carbocycles. The van der Waals surface area contributed by atoms with Crippen LogP contribution in [0.2, 0.25) is 0 Å². The summed E-state index contributed by atoms with van der Waals surface area (Å²) in [5.41, 5.74) is 4.25. The Balaban J connectivity index is -0.0000000275. The van der Waals surface area contributed by atoms with Gasteiger partial charge < -0.3 is 12.7 Å². The summed E-state index contributed by atoms with van der Waals surface area (Å²) in [6.45, 7) is 5.50. The fourth-order valence-corrected chi connectivity index (χ4v) is 0. The predicted octanol–water partition coefficient (Wildman–Crippen LogP) is 0.965. The molecule has 0 fully saturated rings. The van der Waals surface area contributed by atoms with Crippen LogP contribution in [0, 0.1) is 14.0 Å². The minimum absolute atomic E-state index is 0. The van der Waals surface area contributed by atoms with Crippen LogP contribution >= 0.6 is 0 Å². The molecule has 0 aromatic rings. The number of rotatable bonds is 0. The normalized spacial score (nSPS) is 4.00. The van der Waals surface area contributed by atoms with Crippen molar-refractivity contribution in [2.24, 2.45) is 5.73 Å². The molecule has 0 aromatic heterocycles. The molecule has 0 unspecified atom stereocenters. The van der Waals surface area contributed by atoms with Crippen molar-refractivity contribution in [1.29, 1.82) is 0 Å². The molecule has 0 amide bonds. The Morgan fingerprint density at radius 2 is 1.50 bits per heavy atom. The van der Waals surface area contributed by atoms with Crippen LogP contribution in [0.5, 0.6) is 0 Å². The summed E-state index contributed by atoms with van der Waals surface area (Å²) in [7, 11) is 2.75. The van der Waals surface area contributed by atoms with Crippen LogP contribution in [0.3, 0.4) is 0 Å². The summed E-state index contributed by atoms with van der Waals surface area (Å²) < 4.78 is 0. The molecule has 0 rings (SSSR count). The Morgan fingerprint density at radius 1 is 1.50 bits per heavy atom. The SMILES string of the molecule is [CH2-]CC.[CH2-]N.[Y]. The second-order valence-electron chi connectivity index (χ2n) is 0.500. The van der Waals surface area contributed by atoms with E-state index < -0.39 is 0 Å². The molecular weight excluding hydrogens is 151 g/mol. The van der Waals surface area contributed by atoms with Gasteiger partial charge in [-0.15, -0.1) is 0 Å². The van der Waals surface area contributed by atoms with Gasteiger partial charge in [-0.05, 0) is 0 Å². The molecule has 0 atom stereocenters. The van der Waals surface area contributed by atoms with Crippen molar-refractivity contribution in [2.75, 3.05) is 0 Å². The van der Waals surface area contributed by atoms with E-state index in [2.05, 4.69) is 19.7 Å². The van der Waals surface area contributed by atoms with Crippen LogP contribution in [0.25, 0.3) is 0 Å². The molecule has 0 heterocycles. The number of nitrogens with two attached hydrogens (primary N) is 1. The van der Waals surface area contributed by atoms with Gasteiger partial charge in [-0.1, -0.05) is 6.92 Å². The second kappa shape index (κ2) is 36.5. The third-order valence-corrected chi connectivity index (χ3v) is 0. The zero-order valence-corrected chi connectivity index (χ0v) is 7.11. The van der Waals surface area contributed by atoms with E-state index in [1.54, 1.807) is 0 Å². The van der Waals surface area contributed by atoms with Gasteiger partial charge in [0.2, 0.25) is 0 Å². The maximum atomic E-state index is 4.25. The zero-order chi connectivity index (χ0) is 4.71. The number of hydrogen-bond donors (Lipinski definition) is 1. The first-order valence-electron chi connectivity index (χ1n) is 1.62. The first kappa shape index (κ1) is 15.7. The summed E-state index contributed by atoms with van der Waals surface area (Å²) >= 11 is 0. The third kappa shape index (κ3) is 73.9.